The maximum absolute atomic E-state index is 12.6. The predicted octanol–water partition coefficient (Wildman–Crippen LogP) is 6.71. The standard InChI is InChI=1S/C36H50N2O8/c1-35(2)22-30(21-32(40)43-18-11-10-17-31(39)46-25-29-15-8-5-9-16-29)23-36(3,26-35)27-38-34(42)45-20-12-19-44-33(41)37-24-28-13-6-4-7-14-28/h4-9,13-16,30H,10-12,17-27H2,1-3H3,(H,37,41)(H,38,42). The van der Waals surface area contributed by atoms with Gasteiger partial charge in [0.2, 0.25) is 0 Å². The Hall–Kier alpha value is -4.08. The number of carbonyl (C=O) groups excluding carboxylic acids is 4. The summed E-state index contributed by atoms with van der Waals surface area (Å²) in [6.07, 6.45) is 3.73. The molecule has 252 valence electrons. The average Bonchev–Trinajstić information content (AvgIpc) is 3.01. The molecule has 2 N–H and O–H groups in total. The molecular formula is C36H50N2O8. The van der Waals surface area contributed by atoms with E-state index in [4.69, 9.17) is 18.9 Å². The Kier molecular flexibility index (Phi) is 14.9. The lowest BCUT2D eigenvalue weighted by atomic mass is 9.60. The molecule has 0 radical (unpaired) electrons. The molecule has 1 fully saturated rings. The highest BCUT2D eigenvalue weighted by molar-refractivity contribution is 5.70. The number of nitrogens with one attached hydrogen (secondary N) is 2. The summed E-state index contributed by atoms with van der Waals surface area (Å²) >= 11 is 0. The molecule has 2 unspecified atom stereocenters. The second-order valence-corrected chi connectivity index (χ2v) is 13.3. The number of benzene rings is 2. The quantitative estimate of drug-likeness (QED) is 0.111. The van der Waals surface area contributed by atoms with Gasteiger partial charge in [-0.25, -0.2) is 9.59 Å². The first-order valence-electron chi connectivity index (χ1n) is 16.2. The van der Waals surface area contributed by atoms with Crippen LogP contribution in [0.15, 0.2) is 60.7 Å². The van der Waals surface area contributed by atoms with Crippen molar-refractivity contribution in [3.05, 3.63) is 71.8 Å². The molecule has 0 bridgehead atoms. The van der Waals surface area contributed by atoms with Gasteiger partial charge in [-0.2, -0.15) is 0 Å². The van der Waals surface area contributed by atoms with Crippen LogP contribution < -0.4 is 10.6 Å². The van der Waals surface area contributed by atoms with Gasteiger partial charge in [0, 0.05) is 32.4 Å². The van der Waals surface area contributed by atoms with Crippen molar-refractivity contribution in [3.8, 4) is 0 Å². The van der Waals surface area contributed by atoms with E-state index in [2.05, 4.69) is 31.4 Å². The van der Waals surface area contributed by atoms with Gasteiger partial charge in [-0.05, 0) is 60.0 Å². The van der Waals surface area contributed by atoms with E-state index in [1.165, 1.54) is 0 Å². The molecule has 3 rings (SSSR count). The lowest BCUT2D eigenvalue weighted by Crippen LogP contribution is -2.44. The first kappa shape index (κ1) is 36.4. The zero-order chi connectivity index (χ0) is 33.3. The van der Waals surface area contributed by atoms with Gasteiger partial charge in [0.05, 0.1) is 19.8 Å². The van der Waals surface area contributed by atoms with Gasteiger partial charge in [-0.15, -0.1) is 0 Å². The van der Waals surface area contributed by atoms with E-state index in [0.29, 0.717) is 38.8 Å². The summed E-state index contributed by atoms with van der Waals surface area (Å²) in [7, 11) is 0. The molecule has 1 aliphatic carbocycles. The summed E-state index contributed by atoms with van der Waals surface area (Å²) in [4.78, 5) is 48.8. The molecular weight excluding hydrogens is 588 g/mol. The number of hydrogen-bond acceptors (Lipinski definition) is 8. The Morgan fingerprint density at radius 1 is 0.696 bits per heavy atom. The van der Waals surface area contributed by atoms with E-state index < -0.39 is 12.2 Å². The lowest BCUT2D eigenvalue weighted by Gasteiger charge is -2.46. The summed E-state index contributed by atoms with van der Waals surface area (Å²) < 4.78 is 21.2. The van der Waals surface area contributed by atoms with Gasteiger partial charge in [-0.3, -0.25) is 9.59 Å². The van der Waals surface area contributed by atoms with Gasteiger partial charge in [0.15, 0.2) is 0 Å². The average molecular weight is 639 g/mol. The van der Waals surface area contributed by atoms with E-state index >= 15 is 0 Å². The molecule has 0 heterocycles. The first-order chi connectivity index (χ1) is 22.0. The van der Waals surface area contributed by atoms with Gasteiger partial charge in [0.1, 0.15) is 6.61 Å². The minimum atomic E-state index is -0.517. The van der Waals surface area contributed by atoms with E-state index in [1.807, 2.05) is 60.7 Å². The lowest BCUT2D eigenvalue weighted by molar-refractivity contribution is -0.146. The Morgan fingerprint density at radius 3 is 1.98 bits per heavy atom. The number of carbonyl (C=O) groups is 4. The SMILES string of the molecule is CC1(C)CC(CC(=O)OCCCCC(=O)OCc2ccccc2)CC(C)(CNC(=O)OCCCOC(=O)NCc2ccccc2)C1. The van der Waals surface area contributed by atoms with E-state index in [9.17, 15) is 19.2 Å². The molecule has 2 aromatic carbocycles. The van der Waals surface area contributed by atoms with E-state index in [0.717, 1.165) is 30.4 Å². The van der Waals surface area contributed by atoms with Crippen LogP contribution >= 0.6 is 0 Å². The molecule has 1 saturated carbocycles. The molecule has 0 aliphatic heterocycles. The third-order valence-corrected chi connectivity index (χ3v) is 7.96. The maximum Gasteiger partial charge on any atom is 0.407 e. The highest BCUT2D eigenvalue weighted by Crippen LogP contribution is 2.49. The smallest absolute Gasteiger partial charge is 0.407 e. The van der Waals surface area contributed by atoms with Crippen LogP contribution in [0, 0.1) is 16.7 Å². The molecule has 46 heavy (non-hydrogen) atoms. The fourth-order valence-electron chi connectivity index (χ4n) is 6.34. The van der Waals surface area contributed by atoms with Gasteiger partial charge in [0.25, 0.3) is 0 Å². The number of amides is 2. The van der Waals surface area contributed by atoms with Crippen molar-refractivity contribution in [3.63, 3.8) is 0 Å². The van der Waals surface area contributed by atoms with Crippen LogP contribution in [0.2, 0.25) is 0 Å². The number of alkyl carbamates (subject to hydrolysis) is 2. The van der Waals surface area contributed by atoms with E-state index in [-0.39, 0.29) is 61.5 Å². The zero-order valence-corrected chi connectivity index (χ0v) is 27.5. The van der Waals surface area contributed by atoms with Crippen molar-refractivity contribution in [2.45, 2.75) is 85.3 Å². The Labute approximate surface area is 272 Å². The number of unbranched alkanes of at least 4 members (excludes halogenated alkanes) is 1. The number of hydrogen-bond donors (Lipinski definition) is 2. The van der Waals surface area contributed by atoms with Crippen LogP contribution in [0.5, 0.6) is 0 Å². The minimum Gasteiger partial charge on any atom is -0.466 e. The third-order valence-electron chi connectivity index (χ3n) is 7.96. The van der Waals surface area contributed by atoms with Crippen LogP contribution in [-0.2, 0) is 41.7 Å². The molecule has 10 nitrogen and oxygen atoms in total. The Bertz CT molecular complexity index is 1240. The second kappa shape index (κ2) is 18.8. The van der Waals surface area contributed by atoms with Crippen LogP contribution in [0.1, 0.15) is 83.3 Å². The van der Waals surface area contributed by atoms with Gasteiger partial charge < -0.3 is 29.6 Å². The number of rotatable bonds is 17. The van der Waals surface area contributed by atoms with Crippen molar-refractivity contribution in [1.29, 1.82) is 0 Å². The van der Waals surface area contributed by atoms with Gasteiger partial charge in [-0.1, -0.05) is 81.4 Å². The summed E-state index contributed by atoms with van der Waals surface area (Å²) in [5.41, 5.74) is 1.72. The van der Waals surface area contributed by atoms with Crippen LogP contribution in [0.4, 0.5) is 9.59 Å². The van der Waals surface area contributed by atoms with Crippen molar-refractivity contribution in [1.82, 2.24) is 10.6 Å². The first-order valence-corrected chi connectivity index (χ1v) is 16.2. The largest absolute Gasteiger partial charge is 0.466 e. The third kappa shape index (κ3) is 14.8. The van der Waals surface area contributed by atoms with E-state index in [1.54, 1.807) is 0 Å². The fourth-order valence-corrected chi connectivity index (χ4v) is 6.34. The van der Waals surface area contributed by atoms with Crippen LogP contribution in [0.3, 0.4) is 0 Å². The van der Waals surface area contributed by atoms with Crippen molar-refractivity contribution in [2.24, 2.45) is 16.7 Å². The maximum atomic E-state index is 12.6. The molecule has 1 aliphatic rings. The minimum absolute atomic E-state index is 0.00205. The summed E-state index contributed by atoms with van der Waals surface area (Å²) in [6.45, 7) is 8.12. The highest BCUT2D eigenvalue weighted by atomic mass is 16.6. The normalized spacial score (nSPS) is 18.5. The highest BCUT2D eigenvalue weighted by Gasteiger charge is 2.42. The predicted molar refractivity (Wildman–Crippen MR) is 173 cm³/mol. The Morgan fingerprint density at radius 2 is 1.30 bits per heavy atom. The summed E-state index contributed by atoms with van der Waals surface area (Å²) in [6, 6.07) is 19.1. The molecule has 2 amide bonds. The molecule has 0 spiro atoms. The topological polar surface area (TPSA) is 129 Å². The number of esters is 2. The van der Waals surface area contributed by atoms with Crippen molar-refractivity contribution < 1.29 is 38.1 Å². The van der Waals surface area contributed by atoms with Crippen molar-refractivity contribution >= 4 is 24.1 Å². The molecule has 10 heteroatoms. The molecule has 2 atom stereocenters. The molecule has 0 saturated heterocycles. The summed E-state index contributed by atoms with van der Waals surface area (Å²) in [5.74, 6) is -0.359. The van der Waals surface area contributed by atoms with Crippen LogP contribution in [-0.4, -0.2) is 50.5 Å². The Balaban J connectivity index is 1.26. The molecule has 2 aromatic rings. The monoisotopic (exact) mass is 638 g/mol. The van der Waals surface area contributed by atoms with Crippen LogP contribution in [0.25, 0.3) is 0 Å². The fraction of sp³-hybridized carbons (Fsp3) is 0.556. The zero-order valence-electron chi connectivity index (χ0n) is 27.5. The van der Waals surface area contributed by atoms with Crippen molar-refractivity contribution in [2.75, 3.05) is 26.4 Å². The molecule has 0 aromatic heterocycles. The summed E-state index contributed by atoms with van der Waals surface area (Å²) in [5, 5.41) is 5.57. The van der Waals surface area contributed by atoms with Gasteiger partial charge >= 0.3 is 24.1 Å². The second-order valence-electron chi connectivity index (χ2n) is 13.3. The number of ether oxygens (including phenoxy) is 4.